The molecule has 7 nitrogen and oxygen atoms in total. The van der Waals surface area contributed by atoms with Crippen molar-refractivity contribution < 1.29 is 9.18 Å². The maximum atomic E-state index is 14.1. The normalized spacial score (nSPS) is 13.0. The van der Waals surface area contributed by atoms with E-state index in [4.69, 9.17) is 11.5 Å². The van der Waals surface area contributed by atoms with Gasteiger partial charge in [-0.2, -0.15) is 0 Å². The first-order chi connectivity index (χ1) is 12.6. The number of anilines is 3. The number of carbonyl (C=O) groups is 1. The first-order valence-electron chi connectivity index (χ1n) is 8.09. The maximum Gasteiger partial charge on any atom is 0.252 e. The number of carbonyl (C=O) groups excluding carboxylic acids is 1. The van der Waals surface area contributed by atoms with Gasteiger partial charge in [0.25, 0.3) is 5.91 Å². The molecule has 1 amide bonds. The second-order valence-corrected chi connectivity index (χ2v) is 6.69. The number of nitrogens with zero attached hydrogens (tertiary/aromatic N) is 2. The fourth-order valence-corrected chi connectivity index (χ4v) is 3.34. The molecule has 2 heterocycles. The van der Waals surface area contributed by atoms with Crippen molar-refractivity contribution in [3.63, 3.8) is 0 Å². The smallest absolute Gasteiger partial charge is 0.252 e. The van der Waals surface area contributed by atoms with Gasteiger partial charge in [0.2, 0.25) is 0 Å². The predicted octanol–water partition coefficient (Wildman–Crippen LogP) is 2.63. The van der Waals surface area contributed by atoms with Crippen LogP contribution in [-0.2, 0) is 0 Å². The number of thioether (sulfide) groups is 1. The number of rotatable bonds is 6. The van der Waals surface area contributed by atoms with E-state index in [1.165, 1.54) is 0 Å². The molecule has 9 heteroatoms. The van der Waals surface area contributed by atoms with Crippen molar-refractivity contribution >= 4 is 46.9 Å². The van der Waals surface area contributed by atoms with Gasteiger partial charge in [-0.05, 0) is 30.7 Å². The van der Waals surface area contributed by atoms with Gasteiger partial charge in [-0.1, -0.05) is 0 Å². The topological polar surface area (TPSA) is 118 Å². The van der Waals surface area contributed by atoms with Crippen molar-refractivity contribution in [1.82, 2.24) is 4.98 Å². The lowest BCUT2D eigenvalue weighted by atomic mass is 10.2. The third kappa shape index (κ3) is 4.12. The van der Waals surface area contributed by atoms with Crippen molar-refractivity contribution in [2.24, 2.45) is 16.5 Å². The summed E-state index contributed by atoms with van der Waals surface area (Å²) in [5.74, 6) is -0.297. The molecule has 0 aliphatic carbocycles. The fourth-order valence-electron chi connectivity index (χ4n) is 2.42. The minimum Gasteiger partial charge on any atom is -0.366 e. The van der Waals surface area contributed by atoms with Gasteiger partial charge >= 0.3 is 0 Å². The second-order valence-electron chi connectivity index (χ2n) is 5.55. The molecular formula is C17H19FN6OS. The van der Waals surface area contributed by atoms with Gasteiger partial charge in [-0.3, -0.25) is 9.79 Å². The highest BCUT2D eigenvalue weighted by atomic mass is 32.2. The summed E-state index contributed by atoms with van der Waals surface area (Å²) in [6.45, 7) is 0.677. The summed E-state index contributed by atoms with van der Waals surface area (Å²) >= 11 is 1.70. The number of nitrogens with one attached hydrogen (secondary N) is 2. The van der Waals surface area contributed by atoms with E-state index in [0.717, 1.165) is 28.8 Å². The number of fused-ring (bicyclic) bond motifs is 1. The van der Waals surface area contributed by atoms with E-state index in [1.807, 2.05) is 24.4 Å². The van der Waals surface area contributed by atoms with Crippen LogP contribution in [0.3, 0.4) is 0 Å². The Morgan fingerprint density at radius 2 is 2.15 bits per heavy atom. The average Bonchev–Trinajstić information content (AvgIpc) is 2.86. The number of aromatic nitrogens is 1. The zero-order chi connectivity index (χ0) is 18.5. The van der Waals surface area contributed by atoms with Crippen LogP contribution in [0.15, 0.2) is 34.2 Å². The van der Waals surface area contributed by atoms with Crippen LogP contribution in [0.4, 0.5) is 27.4 Å². The van der Waals surface area contributed by atoms with Crippen LogP contribution in [-0.4, -0.2) is 35.9 Å². The number of halogens is 1. The van der Waals surface area contributed by atoms with E-state index < -0.39 is 11.7 Å². The number of pyridine rings is 1. The molecule has 0 fully saturated rings. The molecule has 2 aromatic rings. The summed E-state index contributed by atoms with van der Waals surface area (Å²) in [4.78, 5) is 21.3. The van der Waals surface area contributed by atoms with E-state index in [2.05, 4.69) is 20.6 Å². The summed E-state index contributed by atoms with van der Waals surface area (Å²) in [7, 11) is 0. The summed E-state index contributed by atoms with van der Waals surface area (Å²) < 4.78 is 14.1. The summed E-state index contributed by atoms with van der Waals surface area (Å²) in [6.07, 6.45) is 2.80. The molecule has 0 saturated heterocycles. The molecule has 0 bridgehead atoms. The number of benzene rings is 1. The van der Waals surface area contributed by atoms with Gasteiger partial charge in [0.15, 0.2) is 11.6 Å². The van der Waals surface area contributed by atoms with Crippen molar-refractivity contribution in [3.05, 3.63) is 35.6 Å². The van der Waals surface area contributed by atoms with Crippen molar-refractivity contribution in [1.29, 1.82) is 0 Å². The molecule has 0 unspecified atom stereocenters. The van der Waals surface area contributed by atoms with Crippen LogP contribution < -0.4 is 22.1 Å². The lowest BCUT2D eigenvalue weighted by molar-refractivity contribution is 0.100. The second kappa shape index (κ2) is 8.15. The Morgan fingerprint density at radius 3 is 2.92 bits per heavy atom. The van der Waals surface area contributed by atoms with Gasteiger partial charge in [0.1, 0.15) is 5.82 Å². The molecular weight excluding hydrogens is 355 g/mol. The minimum absolute atomic E-state index is 0.0108. The molecule has 136 valence electrons. The molecule has 0 spiro atoms. The lowest BCUT2D eigenvalue weighted by Crippen LogP contribution is -2.18. The van der Waals surface area contributed by atoms with Crippen LogP contribution >= 0.6 is 11.8 Å². The molecule has 6 N–H and O–H groups in total. The zero-order valence-corrected chi connectivity index (χ0v) is 14.8. The SMILES string of the molecule is NCCNc1nc(Nc2ccc3c(c2)SCCC=N3)c(C(N)=O)cc1F. The molecule has 1 aromatic heterocycles. The van der Waals surface area contributed by atoms with E-state index >= 15 is 0 Å². The summed E-state index contributed by atoms with van der Waals surface area (Å²) in [5.41, 5.74) is 12.4. The Hall–Kier alpha value is -2.65. The molecule has 0 atom stereocenters. The van der Waals surface area contributed by atoms with E-state index in [9.17, 15) is 9.18 Å². The Labute approximate surface area is 154 Å². The third-order valence-electron chi connectivity index (χ3n) is 3.64. The highest BCUT2D eigenvalue weighted by Crippen LogP contribution is 2.35. The van der Waals surface area contributed by atoms with Gasteiger partial charge in [0.05, 0.1) is 11.3 Å². The number of aliphatic imine (C=N–C) groups is 1. The number of amides is 1. The van der Waals surface area contributed by atoms with Crippen molar-refractivity contribution in [3.8, 4) is 0 Å². The molecule has 1 aliphatic rings. The van der Waals surface area contributed by atoms with E-state index in [0.29, 0.717) is 18.8 Å². The van der Waals surface area contributed by atoms with Gasteiger partial charge in [0, 0.05) is 35.6 Å². The molecule has 26 heavy (non-hydrogen) atoms. The average molecular weight is 374 g/mol. The third-order valence-corrected chi connectivity index (χ3v) is 4.71. The quantitative estimate of drug-likeness (QED) is 0.617. The lowest BCUT2D eigenvalue weighted by Gasteiger charge is -2.14. The minimum atomic E-state index is -0.766. The van der Waals surface area contributed by atoms with Gasteiger partial charge < -0.3 is 22.1 Å². The Bertz CT molecular complexity index is 857. The molecule has 0 radical (unpaired) electrons. The highest BCUT2D eigenvalue weighted by Gasteiger charge is 2.16. The van der Waals surface area contributed by atoms with Crippen LogP contribution in [0.1, 0.15) is 16.8 Å². The predicted molar refractivity (Wildman–Crippen MR) is 103 cm³/mol. The first kappa shape index (κ1) is 18.2. The van der Waals surface area contributed by atoms with Crippen molar-refractivity contribution in [2.75, 3.05) is 29.5 Å². The van der Waals surface area contributed by atoms with E-state index in [1.54, 1.807) is 11.8 Å². The van der Waals surface area contributed by atoms with Crippen molar-refractivity contribution in [2.45, 2.75) is 11.3 Å². The van der Waals surface area contributed by atoms with Gasteiger partial charge in [-0.15, -0.1) is 11.8 Å². The zero-order valence-electron chi connectivity index (χ0n) is 14.0. The largest absolute Gasteiger partial charge is 0.366 e. The molecule has 3 rings (SSSR count). The summed E-state index contributed by atoms with van der Waals surface area (Å²) in [5, 5.41) is 5.84. The van der Waals surface area contributed by atoms with Crippen LogP contribution in [0.2, 0.25) is 0 Å². The molecule has 0 saturated carbocycles. The van der Waals surface area contributed by atoms with Gasteiger partial charge in [-0.25, -0.2) is 9.37 Å². The number of hydrogen-bond donors (Lipinski definition) is 4. The maximum absolute atomic E-state index is 14.1. The number of primary amides is 1. The molecule has 1 aromatic carbocycles. The summed E-state index contributed by atoms with van der Waals surface area (Å²) in [6, 6.07) is 6.70. The standard InChI is InChI=1S/C17H19FN6OS/c18-12-9-11(15(20)25)16(24-17(12)22-6-4-19)23-10-2-3-13-14(8-10)26-7-1-5-21-13/h2-3,5,8-9H,1,4,6-7,19H2,(H2,20,25)(H2,22,23,24). The van der Waals surface area contributed by atoms with E-state index in [-0.39, 0.29) is 17.2 Å². The molecule has 1 aliphatic heterocycles. The fraction of sp³-hybridized carbons (Fsp3) is 0.235. The first-order valence-corrected chi connectivity index (χ1v) is 9.07. The van der Waals surface area contributed by atoms with Crippen LogP contribution in [0.25, 0.3) is 0 Å². The number of nitrogens with two attached hydrogens (primary N) is 2. The van der Waals surface area contributed by atoms with Crippen LogP contribution in [0.5, 0.6) is 0 Å². The monoisotopic (exact) mass is 374 g/mol. The number of hydrogen-bond acceptors (Lipinski definition) is 7. The Morgan fingerprint density at radius 1 is 1.31 bits per heavy atom. The Kier molecular flexibility index (Phi) is 5.69. The highest BCUT2D eigenvalue weighted by molar-refractivity contribution is 7.99. The van der Waals surface area contributed by atoms with Crippen LogP contribution in [0, 0.1) is 5.82 Å². The Balaban J connectivity index is 1.94.